The predicted molar refractivity (Wildman–Crippen MR) is 76.5 cm³/mol. The number of unbranched alkanes of at least 4 members (excludes halogenated alkanes) is 1. The second kappa shape index (κ2) is 9.01. The van der Waals surface area contributed by atoms with Crippen LogP contribution in [0.1, 0.15) is 65.2 Å². The zero-order valence-electron chi connectivity index (χ0n) is 12.0. The number of carbonyl (C=O) groups is 1. The molecule has 1 aliphatic rings. The fourth-order valence-corrected chi connectivity index (χ4v) is 2.34. The SMILES string of the molecule is CCCCN(CCC)C(=O)NC=C1CCCCC1. The molecule has 0 radical (unpaired) electrons. The molecule has 0 aromatic rings. The summed E-state index contributed by atoms with van der Waals surface area (Å²) in [5.74, 6) is 0. The predicted octanol–water partition coefficient (Wildman–Crippen LogP) is 4.06. The number of rotatable bonds is 6. The molecule has 0 bridgehead atoms. The molecular formula is C15H28N2O. The molecular weight excluding hydrogens is 224 g/mol. The van der Waals surface area contributed by atoms with Crippen molar-refractivity contribution < 1.29 is 4.79 Å². The molecule has 1 fully saturated rings. The van der Waals surface area contributed by atoms with Gasteiger partial charge in [0.1, 0.15) is 0 Å². The lowest BCUT2D eigenvalue weighted by atomic mass is 9.96. The molecule has 1 rings (SSSR count). The molecule has 18 heavy (non-hydrogen) atoms. The van der Waals surface area contributed by atoms with Crippen molar-refractivity contribution in [2.45, 2.75) is 65.2 Å². The van der Waals surface area contributed by atoms with Crippen LogP contribution in [0.15, 0.2) is 11.8 Å². The van der Waals surface area contributed by atoms with Crippen molar-refractivity contribution in [2.75, 3.05) is 13.1 Å². The largest absolute Gasteiger partial charge is 0.325 e. The molecule has 2 amide bonds. The number of nitrogens with one attached hydrogen (secondary N) is 1. The summed E-state index contributed by atoms with van der Waals surface area (Å²) in [6, 6.07) is 0.0726. The second-order valence-corrected chi connectivity index (χ2v) is 5.15. The van der Waals surface area contributed by atoms with Crippen molar-refractivity contribution in [1.29, 1.82) is 0 Å². The summed E-state index contributed by atoms with van der Waals surface area (Å²) in [5, 5.41) is 2.97. The van der Waals surface area contributed by atoms with Crippen LogP contribution in [0.5, 0.6) is 0 Å². The second-order valence-electron chi connectivity index (χ2n) is 5.15. The van der Waals surface area contributed by atoms with E-state index >= 15 is 0 Å². The van der Waals surface area contributed by atoms with Crippen molar-refractivity contribution in [3.8, 4) is 0 Å². The summed E-state index contributed by atoms with van der Waals surface area (Å²) in [5.41, 5.74) is 1.40. The Morgan fingerprint density at radius 2 is 1.89 bits per heavy atom. The highest BCUT2D eigenvalue weighted by molar-refractivity contribution is 5.75. The van der Waals surface area contributed by atoms with E-state index < -0.39 is 0 Å². The molecule has 3 nitrogen and oxygen atoms in total. The third-order valence-electron chi connectivity index (χ3n) is 3.46. The van der Waals surface area contributed by atoms with E-state index in [1.807, 2.05) is 11.1 Å². The van der Waals surface area contributed by atoms with Crippen molar-refractivity contribution in [3.63, 3.8) is 0 Å². The van der Waals surface area contributed by atoms with Crippen LogP contribution in [-0.2, 0) is 0 Å². The van der Waals surface area contributed by atoms with Gasteiger partial charge >= 0.3 is 6.03 Å². The van der Waals surface area contributed by atoms with Gasteiger partial charge in [-0.05, 0) is 38.5 Å². The number of carbonyl (C=O) groups excluding carboxylic acids is 1. The smallest absolute Gasteiger partial charge is 0.321 e. The fourth-order valence-electron chi connectivity index (χ4n) is 2.34. The maximum absolute atomic E-state index is 12.1. The Morgan fingerprint density at radius 3 is 2.50 bits per heavy atom. The van der Waals surface area contributed by atoms with Crippen LogP contribution in [-0.4, -0.2) is 24.0 Å². The third-order valence-corrected chi connectivity index (χ3v) is 3.46. The first-order chi connectivity index (χ1) is 8.77. The monoisotopic (exact) mass is 252 g/mol. The van der Waals surface area contributed by atoms with Gasteiger partial charge in [0.25, 0.3) is 0 Å². The van der Waals surface area contributed by atoms with Crippen LogP contribution in [0, 0.1) is 0 Å². The number of hydrogen-bond donors (Lipinski definition) is 1. The molecule has 0 heterocycles. The van der Waals surface area contributed by atoms with Crippen LogP contribution in [0.3, 0.4) is 0 Å². The first kappa shape index (κ1) is 15.1. The molecule has 0 aromatic carbocycles. The van der Waals surface area contributed by atoms with Gasteiger partial charge in [0.2, 0.25) is 0 Å². The molecule has 0 unspecified atom stereocenters. The van der Waals surface area contributed by atoms with Gasteiger partial charge in [-0.2, -0.15) is 0 Å². The quantitative estimate of drug-likeness (QED) is 0.759. The lowest BCUT2D eigenvalue weighted by Gasteiger charge is -2.22. The highest BCUT2D eigenvalue weighted by atomic mass is 16.2. The average molecular weight is 252 g/mol. The topological polar surface area (TPSA) is 32.3 Å². The fraction of sp³-hybridized carbons (Fsp3) is 0.800. The molecule has 0 aromatic heterocycles. The molecule has 0 atom stereocenters. The normalized spacial score (nSPS) is 15.3. The van der Waals surface area contributed by atoms with E-state index in [4.69, 9.17) is 0 Å². The summed E-state index contributed by atoms with van der Waals surface area (Å²) in [6.07, 6.45) is 11.4. The summed E-state index contributed by atoms with van der Waals surface area (Å²) in [6.45, 7) is 6.01. The van der Waals surface area contributed by atoms with Crippen LogP contribution in [0.2, 0.25) is 0 Å². The Bertz CT molecular complexity index is 266. The maximum atomic E-state index is 12.1. The van der Waals surface area contributed by atoms with Gasteiger partial charge in [0.05, 0.1) is 0 Å². The lowest BCUT2D eigenvalue weighted by Crippen LogP contribution is -2.39. The average Bonchev–Trinajstić information content (AvgIpc) is 2.42. The minimum atomic E-state index is 0.0726. The Kier molecular flexibility index (Phi) is 7.54. The van der Waals surface area contributed by atoms with Crippen LogP contribution < -0.4 is 5.32 Å². The van der Waals surface area contributed by atoms with E-state index in [9.17, 15) is 4.79 Å². The molecule has 0 saturated heterocycles. The lowest BCUT2D eigenvalue weighted by molar-refractivity contribution is 0.200. The van der Waals surface area contributed by atoms with Crippen molar-refractivity contribution >= 4 is 6.03 Å². The zero-order valence-corrected chi connectivity index (χ0v) is 12.0. The minimum absolute atomic E-state index is 0.0726. The molecule has 0 spiro atoms. The van der Waals surface area contributed by atoms with Gasteiger partial charge in [0.15, 0.2) is 0 Å². The molecule has 0 aliphatic heterocycles. The zero-order chi connectivity index (χ0) is 13.2. The maximum Gasteiger partial charge on any atom is 0.321 e. The summed E-state index contributed by atoms with van der Waals surface area (Å²) in [7, 11) is 0. The van der Waals surface area contributed by atoms with Crippen molar-refractivity contribution in [3.05, 3.63) is 11.8 Å². The third kappa shape index (κ3) is 5.56. The standard InChI is InChI=1S/C15H28N2O/c1-3-5-12-17(11-4-2)15(18)16-13-14-9-7-6-8-10-14/h13H,3-12H2,1-2H3,(H,16,18). The summed E-state index contributed by atoms with van der Waals surface area (Å²) in [4.78, 5) is 14.0. The molecule has 3 heteroatoms. The van der Waals surface area contributed by atoms with Crippen LogP contribution in [0.4, 0.5) is 4.79 Å². The van der Waals surface area contributed by atoms with Gasteiger partial charge < -0.3 is 10.2 Å². The van der Waals surface area contributed by atoms with Crippen LogP contribution in [0.25, 0.3) is 0 Å². The Labute approximate surface area is 112 Å². The molecule has 1 N–H and O–H groups in total. The number of urea groups is 1. The van der Waals surface area contributed by atoms with Gasteiger partial charge in [-0.3, -0.25) is 0 Å². The Morgan fingerprint density at radius 1 is 1.17 bits per heavy atom. The molecule has 1 aliphatic carbocycles. The Balaban J connectivity index is 2.39. The molecule has 1 saturated carbocycles. The first-order valence-corrected chi connectivity index (χ1v) is 7.51. The van der Waals surface area contributed by atoms with Crippen LogP contribution >= 0.6 is 0 Å². The first-order valence-electron chi connectivity index (χ1n) is 7.51. The van der Waals surface area contributed by atoms with E-state index in [2.05, 4.69) is 19.2 Å². The van der Waals surface area contributed by atoms with Gasteiger partial charge in [-0.1, -0.05) is 32.3 Å². The number of hydrogen-bond acceptors (Lipinski definition) is 1. The Hall–Kier alpha value is -0.990. The van der Waals surface area contributed by atoms with Gasteiger partial charge in [0, 0.05) is 19.3 Å². The van der Waals surface area contributed by atoms with Crippen molar-refractivity contribution in [1.82, 2.24) is 10.2 Å². The number of nitrogens with zero attached hydrogens (tertiary/aromatic N) is 1. The van der Waals surface area contributed by atoms with Crippen molar-refractivity contribution in [2.24, 2.45) is 0 Å². The molecule has 104 valence electrons. The van der Waals surface area contributed by atoms with Gasteiger partial charge in [-0.25, -0.2) is 4.79 Å². The van der Waals surface area contributed by atoms with E-state index in [0.717, 1.165) is 45.2 Å². The summed E-state index contributed by atoms with van der Waals surface area (Å²) < 4.78 is 0. The van der Waals surface area contributed by atoms with E-state index in [0.29, 0.717) is 0 Å². The number of amides is 2. The summed E-state index contributed by atoms with van der Waals surface area (Å²) >= 11 is 0. The van der Waals surface area contributed by atoms with Gasteiger partial charge in [-0.15, -0.1) is 0 Å². The van der Waals surface area contributed by atoms with E-state index in [-0.39, 0.29) is 6.03 Å². The number of allylic oxidation sites excluding steroid dienone is 1. The highest BCUT2D eigenvalue weighted by Crippen LogP contribution is 2.21. The highest BCUT2D eigenvalue weighted by Gasteiger charge is 2.11. The van der Waals surface area contributed by atoms with E-state index in [1.54, 1.807) is 0 Å². The van der Waals surface area contributed by atoms with E-state index in [1.165, 1.54) is 24.8 Å². The minimum Gasteiger partial charge on any atom is -0.325 e.